The molecule has 0 radical (unpaired) electrons. The van der Waals surface area contributed by atoms with Crippen LogP contribution >= 0.6 is 0 Å². The van der Waals surface area contributed by atoms with Crippen molar-refractivity contribution in [3.8, 4) is 5.75 Å². The number of benzene rings is 1. The van der Waals surface area contributed by atoms with Gasteiger partial charge in [-0.2, -0.15) is 0 Å². The molecule has 3 aliphatic rings. The maximum absolute atomic E-state index is 12.0. The summed E-state index contributed by atoms with van der Waals surface area (Å²) in [6.07, 6.45) is 0. The van der Waals surface area contributed by atoms with Crippen LogP contribution in [-0.4, -0.2) is 68.3 Å². The number of urea groups is 1. The van der Waals surface area contributed by atoms with Crippen molar-refractivity contribution in [3.63, 3.8) is 0 Å². The molecule has 2 N–H and O–H groups in total. The van der Waals surface area contributed by atoms with Gasteiger partial charge in [0.25, 0.3) is 0 Å². The number of nitrogens with one attached hydrogen (secondary N) is 2. The fourth-order valence-electron chi connectivity index (χ4n) is 3.00. The second-order valence-electron chi connectivity index (χ2n) is 5.56. The number of carbonyl (C=O) groups excluding carboxylic acids is 1. The maximum Gasteiger partial charge on any atom is 0.319 e. The second kappa shape index (κ2) is 6.32. The molecule has 21 heavy (non-hydrogen) atoms. The number of piperazine rings is 3. The van der Waals surface area contributed by atoms with Crippen LogP contribution in [-0.2, 0) is 0 Å². The highest BCUT2D eigenvalue weighted by Crippen LogP contribution is 2.17. The van der Waals surface area contributed by atoms with Crippen LogP contribution in [0.1, 0.15) is 0 Å². The molecular weight excluding hydrogens is 268 g/mol. The summed E-state index contributed by atoms with van der Waals surface area (Å²) < 4.78 is 5.14. The Labute approximate surface area is 125 Å². The minimum atomic E-state index is -0.166. The van der Waals surface area contributed by atoms with Crippen LogP contribution in [0.5, 0.6) is 5.75 Å². The minimum Gasteiger partial charge on any atom is -0.497 e. The number of ether oxygens (including phenoxy) is 1. The van der Waals surface area contributed by atoms with Gasteiger partial charge in [0, 0.05) is 57.1 Å². The van der Waals surface area contributed by atoms with Crippen molar-refractivity contribution in [2.75, 3.05) is 51.7 Å². The van der Waals surface area contributed by atoms with Crippen LogP contribution in [0.15, 0.2) is 24.3 Å². The lowest BCUT2D eigenvalue weighted by Crippen LogP contribution is -2.63. The van der Waals surface area contributed by atoms with Crippen LogP contribution in [0.3, 0.4) is 0 Å². The Morgan fingerprint density at radius 2 is 2.14 bits per heavy atom. The lowest BCUT2D eigenvalue weighted by molar-refractivity contribution is 0.0149. The topological polar surface area (TPSA) is 56.8 Å². The van der Waals surface area contributed by atoms with Gasteiger partial charge >= 0.3 is 6.03 Å². The predicted octanol–water partition coefficient (Wildman–Crippen LogP) is 0.817. The predicted molar refractivity (Wildman–Crippen MR) is 81.8 cm³/mol. The average molecular weight is 290 g/mol. The fourth-order valence-corrected chi connectivity index (χ4v) is 3.00. The summed E-state index contributed by atoms with van der Waals surface area (Å²) in [6, 6.07) is 7.62. The molecule has 3 saturated heterocycles. The molecule has 2 bridgehead atoms. The van der Waals surface area contributed by atoms with E-state index in [0.29, 0.717) is 12.6 Å². The van der Waals surface area contributed by atoms with Gasteiger partial charge in [0.15, 0.2) is 0 Å². The fraction of sp³-hybridized carbons (Fsp3) is 0.533. The van der Waals surface area contributed by atoms with E-state index < -0.39 is 0 Å². The highest BCUT2D eigenvalue weighted by molar-refractivity contribution is 5.89. The monoisotopic (exact) mass is 290 g/mol. The Morgan fingerprint density at radius 1 is 1.33 bits per heavy atom. The quantitative estimate of drug-likeness (QED) is 0.862. The molecule has 3 aliphatic heterocycles. The molecule has 6 nitrogen and oxygen atoms in total. The summed E-state index contributed by atoms with van der Waals surface area (Å²) >= 11 is 0. The van der Waals surface area contributed by atoms with Crippen molar-refractivity contribution in [3.05, 3.63) is 24.3 Å². The molecule has 6 heteroatoms. The van der Waals surface area contributed by atoms with Crippen LogP contribution < -0.4 is 15.4 Å². The SMILES string of the molecule is COc1cccc(NC(=O)NCC2CN3CCN2CC3)c1. The van der Waals surface area contributed by atoms with Crippen LogP contribution in [0.25, 0.3) is 0 Å². The Balaban J connectivity index is 1.48. The zero-order chi connectivity index (χ0) is 14.7. The largest absolute Gasteiger partial charge is 0.497 e. The Morgan fingerprint density at radius 3 is 2.81 bits per heavy atom. The smallest absolute Gasteiger partial charge is 0.319 e. The van der Waals surface area contributed by atoms with E-state index in [1.807, 2.05) is 18.2 Å². The summed E-state index contributed by atoms with van der Waals surface area (Å²) in [5, 5.41) is 5.80. The van der Waals surface area contributed by atoms with Gasteiger partial charge in [0.05, 0.1) is 7.11 Å². The first-order valence-corrected chi connectivity index (χ1v) is 7.40. The zero-order valence-electron chi connectivity index (χ0n) is 12.3. The van der Waals surface area contributed by atoms with Crippen molar-refractivity contribution in [1.82, 2.24) is 15.1 Å². The van der Waals surface area contributed by atoms with Crippen LogP contribution in [0.4, 0.5) is 10.5 Å². The Kier molecular flexibility index (Phi) is 4.26. The third-order valence-corrected chi connectivity index (χ3v) is 4.22. The first-order valence-electron chi connectivity index (χ1n) is 7.40. The van der Waals surface area contributed by atoms with Crippen molar-refractivity contribution in [1.29, 1.82) is 0 Å². The Bertz CT molecular complexity index is 500. The molecule has 1 aromatic rings. The summed E-state index contributed by atoms with van der Waals surface area (Å²) in [4.78, 5) is 16.9. The highest BCUT2D eigenvalue weighted by atomic mass is 16.5. The molecule has 3 fully saturated rings. The molecule has 1 aromatic carbocycles. The summed E-state index contributed by atoms with van der Waals surface area (Å²) in [7, 11) is 1.61. The first-order chi connectivity index (χ1) is 10.2. The Hall–Kier alpha value is -1.79. The molecule has 0 aliphatic carbocycles. The lowest BCUT2D eigenvalue weighted by atomic mass is 10.1. The molecule has 114 valence electrons. The van der Waals surface area contributed by atoms with Gasteiger partial charge in [-0.1, -0.05) is 6.07 Å². The number of fused-ring (bicyclic) bond motifs is 3. The molecule has 0 spiro atoms. The standard InChI is InChI=1S/C15H22N4O2/c1-21-14-4-2-3-12(9-14)17-15(20)16-10-13-11-18-5-7-19(13)8-6-18/h2-4,9,13H,5-8,10-11H2,1H3,(H2,16,17,20). The zero-order valence-corrected chi connectivity index (χ0v) is 12.3. The number of rotatable bonds is 4. The first kappa shape index (κ1) is 14.2. The van der Waals surface area contributed by atoms with E-state index >= 15 is 0 Å². The molecule has 1 unspecified atom stereocenters. The van der Waals surface area contributed by atoms with Crippen molar-refractivity contribution < 1.29 is 9.53 Å². The highest BCUT2D eigenvalue weighted by Gasteiger charge is 2.31. The molecule has 2 amide bonds. The summed E-state index contributed by atoms with van der Waals surface area (Å²) in [5.74, 6) is 0.733. The molecule has 4 rings (SSSR count). The number of hydrogen-bond donors (Lipinski definition) is 2. The number of nitrogens with zero attached hydrogens (tertiary/aromatic N) is 2. The molecular formula is C15H22N4O2. The van der Waals surface area contributed by atoms with Crippen molar-refractivity contribution in [2.45, 2.75) is 6.04 Å². The van der Waals surface area contributed by atoms with E-state index in [-0.39, 0.29) is 6.03 Å². The number of amides is 2. The van der Waals surface area contributed by atoms with E-state index in [1.54, 1.807) is 13.2 Å². The number of anilines is 1. The van der Waals surface area contributed by atoms with Crippen molar-refractivity contribution >= 4 is 11.7 Å². The van der Waals surface area contributed by atoms with Crippen LogP contribution in [0, 0.1) is 0 Å². The van der Waals surface area contributed by atoms with Gasteiger partial charge in [-0.15, -0.1) is 0 Å². The molecule has 3 heterocycles. The average Bonchev–Trinajstić information content (AvgIpc) is 2.54. The molecule has 0 aromatic heterocycles. The van der Waals surface area contributed by atoms with E-state index in [4.69, 9.17) is 4.74 Å². The lowest BCUT2D eigenvalue weighted by Gasteiger charge is -2.47. The van der Waals surface area contributed by atoms with Crippen molar-refractivity contribution in [2.24, 2.45) is 0 Å². The van der Waals surface area contributed by atoms with Gasteiger partial charge in [0.2, 0.25) is 0 Å². The molecule has 1 atom stereocenters. The van der Waals surface area contributed by atoms with E-state index in [1.165, 1.54) is 0 Å². The van der Waals surface area contributed by atoms with E-state index in [9.17, 15) is 4.79 Å². The molecule has 0 saturated carbocycles. The second-order valence-corrected chi connectivity index (χ2v) is 5.56. The minimum absolute atomic E-state index is 0.166. The number of carbonyl (C=O) groups is 1. The van der Waals surface area contributed by atoms with Gasteiger partial charge in [0.1, 0.15) is 5.75 Å². The van der Waals surface area contributed by atoms with Gasteiger partial charge in [-0.05, 0) is 12.1 Å². The van der Waals surface area contributed by atoms with Gasteiger partial charge in [-0.25, -0.2) is 4.79 Å². The maximum atomic E-state index is 12.0. The summed E-state index contributed by atoms with van der Waals surface area (Å²) in [6.45, 7) is 6.29. The van der Waals surface area contributed by atoms with Gasteiger partial charge < -0.3 is 15.4 Å². The van der Waals surface area contributed by atoms with E-state index in [0.717, 1.165) is 44.2 Å². The van der Waals surface area contributed by atoms with Crippen LogP contribution in [0.2, 0.25) is 0 Å². The number of methoxy groups -OCH3 is 1. The third kappa shape index (κ3) is 3.46. The normalized spacial score (nSPS) is 27.2. The van der Waals surface area contributed by atoms with E-state index in [2.05, 4.69) is 20.4 Å². The number of hydrogen-bond acceptors (Lipinski definition) is 4. The van der Waals surface area contributed by atoms with Gasteiger partial charge in [-0.3, -0.25) is 9.80 Å². The summed E-state index contributed by atoms with van der Waals surface area (Å²) in [5.41, 5.74) is 0.737. The third-order valence-electron chi connectivity index (χ3n) is 4.22.